The van der Waals surface area contributed by atoms with Gasteiger partial charge in [-0.15, -0.1) is 11.3 Å². The van der Waals surface area contributed by atoms with Gasteiger partial charge in [-0.25, -0.2) is 9.97 Å². The molecule has 2 aromatic heterocycles. The number of amides is 2. The molecule has 40 heavy (non-hydrogen) atoms. The Morgan fingerprint density at radius 1 is 1.15 bits per heavy atom. The summed E-state index contributed by atoms with van der Waals surface area (Å²) >= 11 is 1.55. The van der Waals surface area contributed by atoms with Gasteiger partial charge in [0.05, 0.1) is 11.6 Å². The lowest BCUT2D eigenvalue weighted by molar-refractivity contribution is -0.137. The quantitative estimate of drug-likeness (QED) is 0.338. The van der Waals surface area contributed by atoms with Crippen LogP contribution in [-0.2, 0) is 12.7 Å². The van der Waals surface area contributed by atoms with Crippen LogP contribution in [0.2, 0.25) is 0 Å². The molecule has 1 aliphatic heterocycles. The van der Waals surface area contributed by atoms with E-state index in [0.29, 0.717) is 43.0 Å². The van der Waals surface area contributed by atoms with Gasteiger partial charge in [-0.3, -0.25) is 9.59 Å². The van der Waals surface area contributed by atoms with Crippen molar-refractivity contribution in [3.05, 3.63) is 74.9 Å². The molecule has 2 N–H and O–H groups in total. The van der Waals surface area contributed by atoms with Crippen LogP contribution in [0.4, 0.5) is 19.0 Å². The van der Waals surface area contributed by atoms with Crippen molar-refractivity contribution in [2.75, 3.05) is 38.6 Å². The molecule has 1 aromatic carbocycles. The molecule has 3 heterocycles. The Morgan fingerprint density at radius 2 is 1.95 bits per heavy atom. The second kappa shape index (κ2) is 12.8. The van der Waals surface area contributed by atoms with Crippen molar-refractivity contribution in [2.24, 2.45) is 0 Å². The predicted molar refractivity (Wildman–Crippen MR) is 149 cm³/mol. The second-order valence-corrected chi connectivity index (χ2v) is 10.9. The summed E-state index contributed by atoms with van der Waals surface area (Å²) in [5.41, 5.74) is 1.33. The third kappa shape index (κ3) is 7.36. The molecule has 0 spiro atoms. The van der Waals surface area contributed by atoms with Crippen LogP contribution in [0.5, 0.6) is 0 Å². The van der Waals surface area contributed by atoms with Crippen molar-refractivity contribution >= 4 is 29.0 Å². The molecule has 1 aliphatic rings. The number of benzene rings is 1. The summed E-state index contributed by atoms with van der Waals surface area (Å²) in [5, 5.41) is 8.82. The van der Waals surface area contributed by atoms with Crippen molar-refractivity contribution < 1.29 is 22.8 Å². The molecule has 0 aliphatic carbocycles. The van der Waals surface area contributed by atoms with Crippen LogP contribution >= 0.6 is 11.3 Å². The summed E-state index contributed by atoms with van der Waals surface area (Å²) < 4.78 is 38.7. The van der Waals surface area contributed by atoms with E-state index in [0.717, 1.165) is 35.7 Å². The van der Waals surface area contributed by atoms with E-state index in [9.17, 15) is 22.8 Å². The van der Waals surface area contributed by atoms with E-state index in [4.69, 9.17) is 0 Å². The molecule has 0 saturated carbocycles. The van der Waals surface area contributed by atoms with Crippen molar-refractivity contribution in [1.29, 1.82) is 0 Å². The molecular weight excluding hydrogens is 541 g/mol. The number of nitrogens with zero attached hydrogens (tertiary/aromatic N) is 4. The fourth-order valence-corrected chi connectivity index (χ4v) is 5.48. The van der Waals surface area contributed by atoms with Gasteiger partial charge in [0.15, 0.2) is 0 Å². The van der Waals surface area contributed by atoms with Gasteiger partial charge in [0, 0.05) is 50.4 Å². The SMILES string of the molecule is Cc1csc(C2CCCN2C(=O)c2cc(C(=O)NCCCNCc3cccc(C(F)(F)F)c3)nc(N(C)C)c2)n1. The number of nitrogens with one attached hydrogen (secondary N) is 2. The summed E-state index contributed by atoms with van der Waals surface area (Å²) in [6.07, 6.45) is -2.08. The van der Waals surface area contributed by atoms with Crippen molar-refractivity contribution in [3.8, 4) is 0 Å². The number of hydrogen-bond acceptors (Lipinski definition) is 7. The first kappa shape index (κ1) is 29.5. The molecular formula is C28H33F3N6O2S. The zero-order valence-electron chi connectivity index (χ0n) is 22.7. The standard InChI is InChI=1S/C28H33F3N6O2S/c1-18-17-40-26(34-18)23-9-5-12-37(23)27(39)20-14-22(35-24(15-20)36(2)3)25(38)33-11-6-10-32-16-19-7-4-8-21(13-19)28(29,30)31/h4,7-8,13-15,17,23,32H,5-6,9-12,16H2,1-3H3,(H,33,38). The van der Waals surface area contributed by atoms with E-state index in [2.05, 4.69) is 20.6 Å². The number of likely N-dealkylation sites (tertiary alicyclic amines) is 1. The highest BCUT2D eigenvalue weighted by atomic mass is 32.1. The van der Waals surface area contributed by atoms with Crippen LogP contribution in [0.1, 0.15) is 68.0 Å². The Bertz CT molecular complexity index is 1340. The Labute approximate surface area is 235 Å². The molecule has 0 bridgehead atoms. The smallest absolute Gasteiger partial charge is 0.363 e. The largest absolute Gasteiger partial charge is 0.416 e. The number of anilines is 1. The first-order valence-electron chi connectivity index (χ1n) is 13.1. The lowest BCUT2D eigenvalue weighted by Gasteiger charge is -2.24. The van der Waals surface area contributed by atoms with E-state index in [-0.39, 0.29) is 24.2 Å². The number of aryl methyl sites for hydroxylation is 1. The van der Waals surface area contributed by atoms with Gasteiger partial charge < -0.3 is 20.4 Å². The molecule has 1 unspecified atom stereocenters. The number of halogens is 3. The fourth-order valence-electron chi connectivity index (χ4n) is 4.54. The molecule has 0 radical (unpaired) electrons. The number of rotatable bonds is 10. The molecule has 1 saturated heterocycles. The lowest BCUT2D eigenvalue weighted by Crippen LogP contribution is -2.32. The van der Waals surface area contributed by atoms with Gasteiger partial charge in [0.2, 0.25) is 0 Å². The average Bonchev–Trinajstić information content (AvgIpc) is 3.58. The maximum atomic E-state index is 13.6. The molecule has 1 fully saturated rings. The maximum absolute atomic E-state index is 13.6. The molecule has 4 rings (SSSR count). The Balaban J connectivity index is 1.34. The second-order valence-electron chi connectivity index (χ2n) is 9.96. The molecule has 2 amide bonds. The predicted octanol–water partition coefficient (Wildman–Crippen LogP) is 4.82. The van der Waals surface area contributed by atoms with Crippen molar-refractivity contribution in [1.82, 2.24) is 25.5 Å². The molecule has 12 heteroatoms. The van der Waals surface area contributed by atoms with Crippen LogP contribution in [0, 0.1) is 6.92 Å². The molecule has 1 atom stereocenters. The zero-order valence-corrected chi connectivity index (χ0v) is 23.5. The highest BCUT2D eigenvalue weighted by Gasteiger charge is 2.33. The first-order chi connectivity index (χ1) is 19.0. The summed E-state index contributed by atoms with van der Waals surface area (Å²) in [7, 11) is 3.59. The molecule has 8 nitrogen and oxygen atoms in total. The van der Waals surface area contributed by atoms with E-state index < -0.39 is 17.6 Å². The number of carbonyl (C=O) groups excluding carboxylic acids is 2. The van der Waals surface area contributed by atoms with E-state index in [1.165, 1.54) is 12.1 Å². The fraction of sp³-hybridized carbons (Fsp3) is 0.429. The van der Waals surface area contributed by atoms with Crippen LogP contribution in [0.15, 0.2) is 41.8 Å². The normalized spacial score (nSPS) is 15.3. The summed E-state index contributed by atoms with van der Waals surface area (Å²) in [5.74, 6) is -0.0579. The number of alkyl halides is 3. The molecule has 3 aromatic rings. The van der Waals surface area contributed by atoms with Crippen LogP contribution in [0.3, 0.4) is 0 Å². The van der Waals surface area contributed by atoms with Gasteiger partial charge >= 0.3 is 6.18 Å². The Morgan fingerprint density at radius 3 is 2.65 bits per heavy atom. The van der Waals surface area contributed by atoms with Crippen LogP contribution < -0.4 is 15.5 Å². The minimum atomic E-state index is -4.38. The number of carbonyl (C=O) groups is 2. The number of hydrogen-bond donors (Lipinski definition) is 2. The summed E-state index contributed by atoms with van der Waals surface area (Å²) in [6.45, 7) is 3.68. The molecule has 214 valence electrons. The number of pyridine rings is 1. The van der Waals surface area contributed by atoms with Crippen LogP contribution in [0.25, 0.3) is 0 Å². The van der Waals surface area contributed by atoms with E-state index in [1.54, 1.807) is 42.5 Å². The van der Waals surface area contributed by atoms with Crippen molar-refractivity contribution in [3.63, 3.8) is 0 Å². The Hall–Kier alpha value is -3.51. The Kier molecular flexibility index (Phi) is 9.41. The third-order valence-electron chi connectivity index (χ3n) is 6.58. The van der Waals surface area contributed by atoms with Gasteiger partial charge in [-0.2, -0.15) is 13.2 Å². The minimum absolute atomic E-state index is 0.0807. The maximum Gasteiger partial charge on any atom is 0.416 e. The highest BCUT2D eigenvalue weighted by molar-refractivity contribution is 7.09. The lowest BCUT2D eigenvalue weighted by atomic mass is 10.1. The van der Waals surface area contributed by atoms with Crippen LogP contribution in [-0.4, -0.2) is 60.4 Å². The van der Waals surface area contributed by atoms with E-state index >= 15 is 0 Å². The van der Waals surface area contributed by atoms with Gasteiger partial charge in [0.1, 0.15) is 16.5 Å². The third-order valence-corrected chi connectivity index (χ3v) is 7.65. The average molecular weight is 575 g/mol. The van der Waals surface area contributed by atoms with Gasteiger partial charge in [-0.1, -0.05) is 18.2 Å². The highest BCUT2D eigenvalue weighted by Crippen LogP contribution is 2.35. The van der Waals surface area contributed by atoms with Gasteiger partial charge in [-0.05, 0) is 56.5 Å². The first-order valence-corrected chi connectivity index (χ1v) is 14.0. The van der Waals surface area contributed by atoms with Crippen molar-refractivity contribution in [2.45, 2.75) is 44.9 Å². The topological polar surface area (TPSA) is 90.5 Å². The minimum Gasteiger partial charge on any atom is -0.363 e. The monoisotopic (exact) mass is 574 g/mol. The number of aromatic nitrogens is 2. The van der Waals surface area contributed by atoms with Gasteiger partial charge in [0.25, 0.3) is 11.8 Å². The van der Waals surface area contributed by atoms with E-state index in [1.807, 2.05) is 17.2 Å². The summed E-state index contributed by atoms with van der Waals surface area (Å²) in [6, 6.07) is 8.33. The summed E-state index contributed by atoms with van der Waals surface area (Å²) in [4.78, 5) is 39.1. The zero-order chi connectivity index (χ0) is 28.9. The number of thiazole rings is 1.